The number of allylic oxidation sites excluding steroid dienone is 6. The van der Waals surface area contributed by atoms with Crippen LogP contribution in [0.3, 0.4) is 0 Å². The topological polar surface area (TPSA) is 140 Å². The van der Waals surface area contributed by atoms with Crippen molar-refractivity contribution in [3.63, 3.8) is 0 Å². The second-order valence-corrected chi connectivity index (χ2v) is 40.6. The number of fused-ring (bicyclic) bond motifs is 2. The first-order chi connectivity index (χ1) is 36.0. The van der Waals surface area contributed by atoms with Gasteiger partial charge in [0.25, 0.3) is 0 Å². The lowest BCUT2D eigenvalue weighted by Crippen LogP contribution is -2.50. The summed E-state index contributed by atoms with van der Waals surface area (Å²) in [6, 6.07) is 0. The average Bonchev–Trinajstić information content (AvgIpc) is 3.95. The second kappa shape index (κ2) is 27.1. The van der Waals surface area contributed by atoms with Gasteiger partial charge in [-0.3, -0.25) is 0 Å². The van der Waals surface area contributed by atoms with Gasteiger partial charge in [-0.2, -0.15) is 0 Å². The van der Waals surface area contributed by atoms with Crippen LogP contribution >= 0.6 is 0 Å². The van der Waals surface area contributed by atoms with Crippen LogP contribution in [-0.2, 0) is 8.85 Å². The summed E-state index contributed by atoms with van der Waals surface area (Å²) in [6.07, 6.45) is 33.4. The zero-order valence-corrected chi connectivity index (χ0v) is 55.3. The highest BCUT2D eigenvalue weighted by Crippen LogP contribution is 2.61. The molecule has 6 aliphatic rings. The van der Waals surface area contributed by atoms with Crippen molar-refractivity contribution in [1.29, 1.82) is 0 Å². The standard InChI is InChI=1S/C40H74O4Si2.C28H46O4/c1-29(17-15-24-39(8,9)42)33-21-22-34-31(18-16-25-40(33,34)10)20-19-30-27-35(43-45(11,12)37(2,3)4)32(23-26-41)36(28-30)44-46(13,14)38(5,6)7;1-19(7-5-14-27(2,3)32)23-11-12-24-21(8-6-15-28(23,24)4)10-9-20-17-25(30)22(13-16-29)26(31)18-20/h19-20,23,29,33-36,41-42H,15-18,21-22,24-28H2,1-14H3;9-10,13,19,23-26,29-32H,5-8,11-12,14-18H2,1-4H3/b30-19?,31-20+,32-23?;20-9?,21-10+,22-13?/t29-,33?,34?,35+,36+,40?;19-,23?,24?,25+,26+,28?/m00/s1. The van der Waals surface area contributed by atoms with E-state index in [-0.39, 0.29) is 35.5 Å². The van der Waals surface area contributed by atoms with Gasteiger partial charge >= 0.3 is 0 Å². The van der Waals surface area contributed by atoms with Crippen LogP contribution < -0.4 is 0 Å². The van der Waals surface area contributed by atoms with Crippen molar-refractivity contribution in [3.8, 4) is 0 Å². The van der Waals surface area contributed by atoms with Crippen LogP contribution in [0.15, 0.2) is 69.9 Å². The number of aliphatic hydroxyl groups excluding tert-OH is 4. The minimum absolute atomic E-state index is 0.0186. The molecule has 0 aromatic carbocycles. The van der Waals surface area contributed by atoms with Crippen LogP contribution in [0.1, 0.15) is 225 Å². The summed E-state index contributed by atoms with van der Waals surface area (Å²) >= 11 is 0. The number of rotatable bonds is 18. The van der Waals surface area contributed by atoms with Crippen LogP contribution in [0.25, 0.3) is 0 Å². The summed E-state index contributed by atoms with van der Waals surface area (Å²) in [5.41, 5.74) is 7.06. The summed E-state index contributed by atoms with van der Waals surface area (Å²) in [6.45, 7) is 40.8. The Balaban J connectivity index is 0.000000306. The smallest absolute Gasteiger partial charge is 0.192 e. The van der Waals surface area contributed by atoms with E-state index in [1.807, 2.05) is 33.8 Å². The van der Waals surface area contributed by atoms with Gasteiger partial charge in [0.15, 0.2) is 16.6 Å². The number of hydrogen-bond donors (Lipinski definition) is 6. The summed E-state index contributed by atoms with van der Waals surface area (Å²) in [5, 5.41) is 60.5. The highest BCUT2D eigenvalue weighted by atomic mass is 28.4. The molecule has 12 atom stereocenters. The van der Waals surface area contributed by atoms with E-state index >= 15 is 0 Å². The molecule has 10 heteroatoms. The third-order valence-electron chi connectivity index (χ3n) is 21.9. The molecule has 6 aliphatic carbocycles. The van der Waals surface area contributed by atoms with Gasteiger partial charge in [0.05, 0.1) is 48.8 Å². The SMILES string of the molecule is C[C@@H](CCCC(C)(C)O)C1CCC2/C(=C/C=C3C[C@@H](O)C(=CCO)[C@H](O)C3)CCCC21C.C[C@@H](CCCC(C)(C)O)C1CCC2/C(=C/C=C3C[C@@H](O[Si](C)(C)C(C)(C)C)C(=CCO)[C@H](O[Si](C)(C)C(C)(C)C)C3)CCCC21C. The lowest BCUT2D eigenvalue weighted by Gasteiger charge is -2.46. The Morgan fingerprint density at radius 2 is 0.910 bits per heavy atom. The predicted molar refractivity (Wildman–Crippen MR) is 332 cm³/mol. The normalized spacial score (nSPS) is 32.4. The van der Waals surface area contributed by atoms with Gasteiger partial charge < -0.3 is 39.5 Å². The molecule has 0 heterocycles. The fourth-order valence-corrected chi connectivity index (χ4v) is 17.9. The van der Waals surface area contributed by atoms with Crippen molar-refractivity contribution in [2.45, 2.75) is 297 Å². The predicted octanol–water partition coefficient (Wildman–Crippen LogP) is 16.2. The molecule has 0 bridgehead atoms. The quantitative estimate of drug-likeness (QED) is 0.0589. The molecule has 0 amide bonds. The van der Waals surface area contributed by atoms with Gasteiger partial charge in [-0.15, -0.1) is 0 Å². The largest absolute Gasteiger partial charge is 0.410 e. The van der Waals surface area contributed by atoms with Crippen molar-refractivity contribution in [3.05, 3.63) is 69.9 Å². The highest BCUT2D eigenvalue weighted by Gasteiger charge is 2.52. The minimum atomic E-state index is -2.06. The Labute approximate surface area is 480 Å². The minimum Gasteiger partial charge on any atom is -0.410 e. The molecule has 6 saturated carbocycles. The maximum absolute atomic E-state index is 10.4. The maximum Gasteiger partial charge on any atom is 0.192 e. The van der Waals surface area contributed by atoms with Crippen LogP contribution in [0.2, 0.25) is 36.3 Å². The molecule has 0 aliphatic heterocycles. The Kier molecular flexibility index (Phi) is 23.4. The zero-order valence-electron chi connectivity index (χ0n) is 53.3. The molecule has 0 aromatic heterocycles. The summed E-state index contributed by atoms with van der Waals surface area (Å²) in [4.78, 5) is 0. The molecule has 78 heavy (non-hydrogen) atoms. The average molecular weight is 1120 g/mol. The van der Waals surface area contributed by atoms with E-state index in [0.29, 0.717) is 52.9 Å². The monoisotopic (exact) mass is 1120 g/mol. The van der Waals surface area contributed by atoms with Crippen LogP contribution in [0.4, 0.5) is 0 Å². The Bertz CT molecular complexity index is 2080. The van der Waals surface area contributed by atoms with E-state index in [9.17, 15) is 25.5 Å². The molecule has 6 N–H and O–H groups in total. The van der Waals surface area contributed by atoms with Crippen molar-refractivity contribution >= 4 is 16.6 Å². The van der Waals surface area contributed by atoms with Gasteiger partial charge in [-0.05, 0) is 224 Å². The van der Waals surface area contributed by atoms with Gasteiger partial charge in [0, 0.05) is 0 Å². The first kappa shape index (κ1) is 67.3. The number of aliphatic hydroxyl groups is 6. The van der Waals surface area contributed by atoms with E-state index in [0.717, 1.165) is 67.9 Å². The molecule has 0 radical (unpaired) electrons. The van der Waals surface area contributed by atoms with Crippen LogP contribution in [0.5, 0.6) is 0 Å². The third-order valence-corrected chi connectivity index (χ3v) is 30.8. The lowest BCUT2D eigenvalue weighted by molar-refractivity contribution is 0.0590. The van der Waals surface area contributed by atoms with Crippen molar-refractivity contribution in [2.75, 3.05) is 13.2 Å². The first-order valence-corrected chi connectivity index (χ1v) is 37.3. The van der Waals surface area contributed by atoms with E-state index in [1.165, 1.54) is 76.2 Å². The molecule has 0 aromatic rings. The van der Waals surface area contributed by atoms with E-state index in [4.69, 9.17) is 14.0 Å². The van der Waals surface area contributed by atoms with E-state index in [2.05, 4.69) is 120 Å². The maximum atomic E-state index is 10.4. The molecule has 6 fully saturated rings. The molecule has 0 saturated heterocycles. The van der Waals surface area contributed by atoms with Gasteiger partial charge in [0.1, 0.15) is 0 Å². The second-order valence-electron chi connectivity index (χ2n) is 31.0. The molecular weight excluding hydrogens is 1000 g/mol. The molecule has 6 rings (SSSR count). The highest BCUT2D eigenvalue weighted by molar-refractivity contribution is 6.74. The first-order valence-electron chi connectivity index (χ1n) is 31.5. The van der Waals surface area contributed by atoms with Gasteiger partial charge in [-0.1, -0.05) is 154 Å². The Hall–Kier alpha value is -1.45. The molecule has 448 valence electrons. The van der Waals surface area contributed by atoms with Gasteiger partial charge in [-0.25, -0.2) is 0 Å². The molecule has 6 unspecified atom stereocenters. The summed E-state index contributed by atoms with van der Waals surface area (Å²) in [7, 11) is -4.13. The van der Waals surface area contributed by atoms with Crippen molar-refractivity contribution < 1.29 is 39.5 Å². The summed E-state index contributed by atoms with van der Waals surface area (Å²) < 4.78 is 14.3. The fourth-order valence-electron chi connectivity index (χ4n) is 15.3. The fraction of sp³-hybridized carbons (Fsp3) is 0.824. The third kappa shape index (κ3) is 17.3. The molecule has 8 nitrogen and oxygen atoms in total. The Morgan fingerprint density at radius 3 is 1.26 bits per heavy atom. The van der Waals surface area contributed by atoms with Crippen molar-refractivity contribution in [2.24, 2.45) is 46.3 Å². The van der Waals surface area contributed by atoms with Crippen LogP contribution in [-0.4, -0.2) is 96.1 Å². The van der Waals surface area contributed by atoms with Gasteiger partial charge in [0.2, 0.25) is 0 Å². The molecular formula is C68H120O8Si2. The molecule has 0 spiro atoms. The summed E-state index contributed by atoms with van der Waals surface area (Å²) in [5.74, 6) is 4.21. The Morgan fingerprint density at radius 1 is 0.551 bits per heavy atom. The lowest BCUT2D eigenvalue weighted by atomic mass is 9.60. The van der Waals surface area contributed by atoms with E-state index in [1.54, 1.807) is 17.2 Å². The van der Waals surface area contributed by atoms with Crippen LogP contribution in [0, 0.1) is 46.3 Å². The zero-order chi connectivity index (χ0) is 58.5. The number of hydrogen-bond acceptors (Lipinski definition) is 8. The van der Waals surface area contributed by atoms with E-state index < -0.39 is 40.0 Å². The van der Waals surface area contributed by atoms with Crippen molar-refractivity contribution in [1.82, 2.24) is 0 Å².